The maximum atomic E-state index is 6.94. The minimum absolute atomic E-state index is 0. The molecule has 1 N–H and O–H groups in total. The van der Waals surface area contributed by atoms with Crippen molar-refractivity contribution in [1.29, 1.82) is 0 Å². The zero-order valence-corrected chi connectivity index (χ0v) is 18.6. The molecule has 0 aromatic heterocycles. The molecule has 0 aliphatic heterocycles. The third-order valence-electron chi connectivity index (χ3n) is 3.51. The van der Waals surface area contributed by atoms with Crippen LogP contribution in [0, 0.1) is 6.08 Å². The van der Waals surface area contributed by atoms with Gasteiger partial charge in [0.15, 0.2) is 0 Å². The predicted octanol–water partition coefficient (Wildman–Crippen LogP) is -0.825. The van der Waals surface area contributed by atoms with Gasteiger partial charge in [0.2, 0.25) is 0 Å². The molecule has 1 atom stereocenters. The van der Waals surface area contributed by atoms with Crippen molar-refractivity contribution in [1.82, 2.24) is 0 Å². The fourth-order valence-corrected chi connectivity index (χ4v) is 3.41. The first kappa shape index (κ1) is 29.0. The van der Waals surface area contributed by atoms with Crippen molar-refractivity contribution in [2.45, 2.75) is 72.1 Å². The van der Waals surface area contributed by atoms with E-state index in [1.165, 1.54) is 11.1 Å². The van der Waals surface area contributed by atoms with Gasteiger partial charge in [0.05, 0.1) is 0 Å². The Hall–Kier alpha value is 0.951. The minimum Gasteiger partial charge on any atom is -1.00 e. The van der Waals surface area contributed by atoms with E-state index >= 15 is 0 Å². The SMILES string of the molecule is CC(C)(C)[NH-].CC1=[C-]C(C)([SiH](C)C)C(C)=C1C.[Cl-].[Cl-].[Ti+4]. The van der Waals surface area contributed by atoms with Gasteiger partial charge in [-0.05, 0) is 0 Å². The van der Waals surface area contributed by atoms with Gasteiger partial charge in [0.1, 0.15) is 0 Å². The monoisotopic (exact) mass is 369 g/mol. The Morgan fingerprint density at radius 2 is 1.35 bits per heavy atom. The standard InChI is InChI=1S/C11H19Si.C4H10N.2ClH.Ti/c1-8-7-11(4,12(5)6)10(3)9(8)2;1-4(2,3)5;;;/h12H,1-6H3;5H,1-3H3;2*1H;/q2*-1;;;+4/p-2. The second kappa shape index (κ2) is 10.6. The molecule has 1 nitrogen and oxygen atoms in total. The molecule has 1 rings (SSSR count). The van der Waals surface area contributed by atoms with Gasteiger partial charge in [0, 0.05) is 8.80 Å². The molecule has 0 heterocycles. The van der Waals surface area contributed by atoms with E-state index in [-0.39, 0.29) is 52.1 Å². The smallest absolute Gasteiger partial charge is 1.00 e. The molecular weight excluding hydrogens is 341 g/mol. The summed E-state index contributed by atoms with van der Waals surface area (Å²) in [5, 5.41) is 0.328. The van der Waals surface area contributed by atoms with Crippen LogP contribution in [0.3, 0.4) is 0 Å². The van der Waals surface area contributed by atoms with Crippen LogP contribution >= 0.6 is 0 Å². The normalized spacial score (nSPS) is 21.1. The van der Waals surface area contributed by atoms with E-state index in [4.69, 9.17) is 5.73 Å². The average Bonchev–Trinajstić information content (AvgIpc) is 2.29. The van der Waals surface area contributed by atoms with Crippen LogP contribution in [0.1, 0.15) is 48.5 Å². The van der Waals surface area contributed by atoms with Crippen LogP contribution in [0.15, 0.2) is 16.7 Å². The fourth-order valence-electron chi connectivity index (χ4n) is 1.83. The van der Waals surface area contributed by atoms with E-state index in [2.05, 4.69) is 46.9 Å². The third kappa shape index (κ3) is 9.07. The van der Waals surface area contributed by atoms with Gasteiger partial charge in [-0.15, -0.1) is 12.5 Å². The second-order valence-electron chi connectivity index (χ2n) is 6.61. The molecule has 1 aliphatic rings. The van der Waals surface area contributed by atoms with Crippen molar-refractivity contribution in [2.24, 2.45) is 0 Å². The van der Waals surface area contributed by atoms with Crippen LogP contribution in [0.2, 0.25) is 18.1 Å². The van der Waals surface area contributed by atoms with Gasteiger partial charge < -0.3 is 30.5 Å². The molecule has 1 unspecified atom stereocenters. The van der Waals surface area contributed by atoms with E-state index in [0.717, 1.165) is 0 Å². The molecule has 0 radical (unpaired) electrons. The van der Waals surface area contributed by atoms with E-state index < -0.39 is 8.80 Å². The van der Waals surface area contributed by atoms with Gasteiger partial charge >= 0.3 is 21.7 Å². The zero-order valence-electron chi connectivity index (χ0n) is 14.3. The molecule has 0 fully saturated rings. The summed E-state index contributed by atoms with van der Waals surface area (Å²) >= 11 is 0. The van der Waals surface area contributed by atoms with E-state index in [9.17, 15) is 0 Å². The van der Waals surface area contributed by atoms with Crippen molar-refractivity contribution in [3.63, 3.8) is 0 Å². The van der Waals surface area contributed by atoms with Crippen LogP contribution < -0.4 is 24.8 Å². The maximum absolute atomic E-state index is 6.94. The number of rotatable bonds is 1. The first-order valence-corrected chi connectivity index (χ1v) is 9.33. The largest absolute Gasteiger partial charge is 4.00 e. The summed E-state index contributed by atoms with van der Waals surface area (Å²) in [7, 11) is -0.663. The number of hydrogen-bond acceptors (Lipinski definition) is 0. The molecular formula is C15H29Cl2NSiTi. The summed E-state index contributed by atoms with van der Waals surface area (Å²) in [6.45, 7) is 19.4. The number of hydrogen-bond donors (Lipinski definition) is 0. The molecule has 1 aliphatic carbocycles. The maximum Gasteiger partial charge on any atom is 4.00 e. The first-order valence-electron chi connectivity index (χ1n) is 6.44. The van der Waals surface area contributed by atoms with Gasteiger partial charge in [-0.25, -0.2) is 5.57 Å². The molecule has 116 valence electrons. The Morgan fingerprint density at radius 3 is 1.45 bits per heavy atom. The third-order valence-corrected chi connectivity index (χ3v) is 6.39. The Morgan fingerprint density at radius 1 is 1.05 bits per heavy atom. The van der Waals surface area contributed by atoms with E-state index in [1.807, 2.05) is 20.8 Å². The van der Waals surface area contributed by atoms with Crippen LogP contribution in [-0.2, 0) is 21.7 Å². The Labute approximate surface area is 155 Å². The van der Waals surface area contributed by atoms with Crippen molar-refractivity contribution >= 4 is 8.80 Å². The molecule has 20 heavy (non-hydrogen) atoms. The molecule has 0 aromatic rings. The quantitative estimate of drug-likeness (QED) is 0.426. The van der Waals surface area contributed by atoms with Gasteiger partial charge in [-0.3, -0.25) is 6.08 Å². The second-order valence-corrected chi connectivity index (χ2v) is 10.1. The average molecular weight is 370 g/mol. The first-order chi connectivity index (χ1) is 7.39. The topological polar surface area (TPSA) is 23.8 Å². The number of nitrogens with one attached hydrogen (secondary N) is 1. The Balaban J connectivity index is -0.000000141. The summed E-state index contributed by atoms with van der Waals surface area (Å²) in [5.74, 6) is 0. The fraction of sp³-hybridized carbons (Fsp3) is 0.733. The molecule has 5 heteroatoms. The Kier molecular flexibility index (Phi) is 15.4. The summed E-state index contributed by atoms with van der Waals surface area (Å²) in [5.41, 5.74) is 11.1. The van der Waals surface area contributed by atoms with Gasteiger partial charge in [-0.2, -0.15) is 11.1 Å². The van der Waals surface area contributed by atoms with E-state index in [1.54, 1.807) is 5.57 Å². The van der Waals surface area contributed by atoms with Crippen LogP contribution in [0.5, 0.6) is 0 Å². The predicted molar refractivity (Wildman–Crippen MR) is 82.1 cm³/mol. The van der Waals surface area contributed by atoms with Gasteiger partial charge in [-0.1, -0.05) is 59.7 Å². The molecule has 0 aromatic carbocycles. The van der Waals surface area contributed by atoms with Crippen LogP contribution in [-0.4, -0.2) is 14.3 Å². The molecule has 0 saturated heterocycles. The zero-order chi connectivity index (χ0) is 14.0. The van der Waals surface area contributed by atoms with E-state index in [0.29, 0.717) is 5.04 Å². The van der Waals surface area contributed by atoms with Crippen molar-refractivity contribution in [3.8, 4) is 0 Å². The minimum atomic E-state index is -0.663. The summed E-state index contributed by atoms with van der Waals surface area (Å²) in [6.07, 6.45) is 3.63. The summed E-state index contributed by atoms with van der Waals surface area (Å²) in [6, 6.07) is 0. The molecule has 0 spiro atoms. The number of allylic oxidation sites excluding steroid dienone is 4. The van der Waals surface area contributed by atoms with Gasteiger partial charge in [0.25, 0.3) is 0 Å². The van der Waals surface area contributed by atoms with Crippen LogP contribution in [0.25, 0.3) is 5.73 Å². The summed E-state index contributed by atoms with van der Waals surface area (Å²) < 4.78 is 0. The molecule has 0 bridgehead atoms. The van der Waals surface area contributed by atoms with Crippen LogP contribution in [0.4, 0.5) is 0 Å². The molecule has 0 saturated carbocycles. The Bertz CT molecular complexity index is 340. The summed E-state index contributed by atoms with van der Waals surface area (Å²) in [4.78, 5) is 0. The van der Waals surface area contributed by atoms with Crippen molar-refractivity contribution in [3.05, 3.63) is 28.5 Å². The number of halogens is 2. The molecule has 0 amide bonds. The van der Waals surface area contributed by atoms with Crippen molar-refractivity contribution in [2.75, 3.05) is 0 Å². The van der Waals surface area contributed by atoms with Crippen molar-refractivity contribution < 1.29 is 46.5 Å².